The van der Waals surface area contributed by atoms with Gasteiger partial charge in [0.25, 0.3) is 0 Å². The second-order valence-electron chi connectivity index (χ2n) is 4.19. The van der Waals surface area contributed by atoms with Crippen molar-refractivity contribution < 1.29 is 0 Å². The summed E-state index contributed by atoms with van der Waals surface area (Å²) in [6.45, 7) is 2.01. The molecule has 0 aromatic carbocycles. The van der Waals surface area contributed by atoms with E-state index < -0.39 is 5.66 Å². The molecular formula is C10H18N4. The Morgan fingerprint density at radius 1 is 1.36 bits per heavy atom. The van der Waals surface area contributed by atoms with E-state index in [4.69, 9.17) is 5.73 Å². The fourth-order valence-corrected chi connectivity index (χ4v) is 2.22. The Morgan fingerprint density at radius 3 is 2.79 bits per heavy atom. The van der Waals surface area contributed by atoms with Crippen LogP contribution in [0, 0.1) is 0 Å². The summed E-state index contributed by atoms with van der Waals surface area (Å²) in [5.41, 5.74) is 8.38. The Morgan fingerprint density at radius 2 is 2.07 bits per heavy atom. The van der Waals surface area contributed by atoms with Gasteiger partial charge in [0.2, 0.25) is 0 Å². The van der Waals surface area contributed by atoms with Crippen LogP contribution in [-0.4, -0.2) is 18.7 Å². The lowest BCUT2D eigenvalue weighted by molar-refractivity contribution is 0.434. The lowest BCUT2D eigenvalue weighted by atomic mass is 9.87. The minimum Gasteiger partial charge on any atom is -0.335 e. The van der Waals surface area contributed by atoms with Crippen LogP contribution in [0.25, 0.3) is 0 Å². The fourth-order valence-electron chi connectivity index (χ4n) is 2.22. The van der Waals surface area contributed by atoms with Crippen molar-refractivity contribution in [2.45, 2.75) is 38.3 Å². The van der Waals surface area contributed by atoms with Crippen molar-refractivity contribution >= 4 is 5.96 Å². The Bertz CT molecular complexity index is 301. The van der Waals surface area contributed by atoms with Crippen LogP contribution < -0.4 is 16.4 Å². The summed E-state index contributed by atoms with van der Waals surface area (Å²) in [6, 6.07) is 0. The van der Waals surface area contributed by atoms with Crippen molar-refractivity contribution in [2.75, 3.05) is 7.05 Å². The van der Waals surface area contributed by atoms with Gasteiger partial charge in [0.1, 0.15) is 5.66 Å². The molecule has 78 valence electrons. The maximum atomic E-state index is 6.21. The molecule has 14 heavy (non-hydrogen) atoms. The molecule has 1 aliphatic heterocycles. The Balaban J connectivity index is 2.36. The van der Waals surface area contributed by atoms with Crippen LogP contribution in [0.3, 0.4) is 0 Å². The quantitative estimate of drug-likeness (QED) is 0.531. The predicted molar refractivity (Wildman–Crippen MR) is 57.7 cm³/mol. The van der Waals surface area contributed by atoms with Crippen molar-refractivity contribution in [3.05, 3.63) is 11.3 Å². The van der Waals surface area contributed by atoms with E-state index in [0.717, 1.165) is 18.8 Å². The molecule has 1 heterocycles. The standard InChI is InChI=1S/C10H18N4/c1-10(11)7-5-3-4-6-8(7)13-9(12-2)14-10/h3-6,11H2,1-2H3,(H2,12,13,14). The summed E-state index contributed by atoms with van der Waals surface area (Å²) in [6.07, 6.45) is 4.69. The van der Waals surface area contributed by atoms with Gasteiger partial charge < -0.3 is 16.4 Å². The first-order valence-corrected chi connectivity index (χ1v) is 5.17. The largest absolute Gasteiger partial charge is 0.335 e. The van der Waals surface area contributed by atoms with Crippen molar-refractivity contribution in [1.82, 2.24) is 10.6 Å². The molecule has 4 nitrogen and oxygen atoms in total. The van der Waals surface area contributed by atoms with Gasteiger partial charge in [0, 0.05) is 12.7 Å². The second kappa shape index (κ2) is 3.28. The molecule has 1 atom stereocenters. The summed E-state index contributed by atoms with van der Waals surface area (Å²) in [5.74, 6) is 0.788. The minimum absolute atomic E-state index is 0.421. The number of aliphatic imine (C=N–C) groups is 1. The molecule has 2 rings (SSSR count). The number of rotatable bonds is 0. The zero-order valence-electron chi connectivity index (χ0n) is 8.85. The highest BCUT2D eigenvalue weighted by atomic mass is 15.3. The van der Waals surface area contributed by atoms with Crippen molar-refractivity contribution in [2.24, 2.45) is 10.7 Å². The van der Waals surface area contributed by atoms with E-state index in [-0.39, 0.29) is 0 Å². The third-order valence-electron chi connectivity index (χ3n) is 2.97. The summed E-state index contributed by atoms with van der Waals surface area (Å²) in [5, 5.41) is 6.50. The summed E-state index contributed by atoms with van der Waals surface area (Å²) >= 11 is 0. The average Bonchev–Trinajstić information content (AvgIpc) is 2.17. The number of allylic oxidation sites excluding steroid dienone is 1. The van der Waals surface area contributed by atoms with Crippen molar-refractivity contribution in [3.8, 4) is 0 Å². The highest BCUT2D eigenvalue weighted by Crippen LogP contribution is 2.30. The minimum atomic E-state index is -0.421. The van der Waals surface area contributed by atoms with E-state index in [1.807, 2.05) is 6.92 Å². The molecule has 0 bridgehead atoms. The lowest BCUT2D eigenvalue weighted by Crippen LogP contribution is -2.62. The molecule has 0 radical (unpaired) electrons. The molecule has 0 aromatic rings. The van der Waals surface area contributed by atoms with Crippen molar-refractivity contribution in [1.29, 1.82) is 0 Å². The highest BCUT2D eigenvalue weighted by Gasteiger charge is 2.33. The van der Waals surface area contributed by atoms with E-state index in [0.29, 0.717) is 0 Å². The summed E-state index contributed by atoms with van der Waals surface area (Å²) in [4.78, 5) is 4.11. The molecule has 0 amide bonds. The first-order valence-electron chi connectivity index (χ1n) is 5.17. The van der Waals surface area contributed by atoms with Crippen molar-refractivity contribution in [3.63, 3.8) is 0 Å². The van der Waals surface area contributed by atoms with Gasteiger partial charge in [0.05, 0.1) is 0 Å². The predicted octanol–water partition coefficient (Wildman–Crippen LogP) is 0.668. The molecule has 4 N–H and O–H groups in total. The van der Waals surface area contributed by atoms with Crippen LogP contribution in [0.1, 0.15) is 32.6 Å². The second-order valence-corrected chi connectivity index (χ2v) is 4.19. The molecule has 1 aliphatic carbocycles. The summed E-state index contributed by atoms with van der Waals surface area (Å²) in [7, 11) is 1.76. The fraction of sp³-hybridized carbons (Fsp3) is 0.700. The number of nitrogens with zero attached hydrogens (tertiary/aromatic N) is 1. The monoisotopic (exact) mass is 194 g/mol. The first-order chi connectivity index (χ1) is 6.63. The number of nitrogens with one attached hydrogen (secondary N) is 2. The molecule has 0 saturated carbocycles. The Hall–Kier alpha value is -1.03. The van der Waals surface area contributed by atoms with Gasteiger partial charge in [-0.3, -0.25) is 4.99 Å². The molecule has 0 aromatic heterocycles. The highest BCUT2D eigenvalue weighted by molar-refractivity contribution is 5.84. The van der Waals surface area contributed by atoms with Gasteiger partial charge >= 0.3 is 0 Å². The third-order valence-corrected chi connectivity index (χ3v) is 2.97. The van der Waals surface area contributed by atoms with Crippen LogP contribution in [0.5, 0.6) is 0 Å². The SMILES string of the molecule is CN=C1NC2=C(CCCC2)C(C)(N)N1. The first kappa shape index (κ1) is 9.52. The maximum absolute atomic E-state index is 6.21. The molecule has 1 unspecified atom stereocenters. The third kappa shape index (κ3) is 1.50. The topological polar surface area (TPSA) is 62.4 Å². The molecular weight excluding hydrogens is 176 g/mol. The molecule has 0 spiro atoms. The Labute approximate surface area is 84.7 Å². The van der Waals surface area contributed by atoms with Gasteiger partial charge in [-0.1, -0.05) is 0 Å². The van der Waals surface area contributed by atoms with Gasteiger partial charge in [-0.15, -0.1) is 0 Å². The van der Waals surface area contributed by atoms with E-state index in [9.17, 15) is 0 Å². The van der Waals surface area contributed by atoms with E-state index in [1.54, 1.807) is 7.05 Å². The summed E-state index contributed by atoms with van der Waals surface area (Å²) < 4.78 is 0. The molecule has 0 saturated heterocycles. The van der Waals surface area contributed by atoms with Gasteiger partial charge in [0.15, 0.2) is 5.96 Å². The van der Waals surface area contributed by atoms with Crippen LogP contribution in [-0.2, 0) is 0 Å². The van der Waals surface area contributed by atoms with Gasteiger partial charge in [-0.25, -0.2) is 0 Å². The van der Waals surface area contributed by atoms with Crippen LogP contribution in [0.4, 0.5) is 0 Å². The molecule has 2 aliphatic rings. The van der Waals surface area contributed by atoms with E-state index >= 15 is 0 Å². The molecule has 0 fully saturated rings. The average molecular weight is 194 g/mol. The smallest absolute Gasteiger partial charge is 0.196 e. The number of hydrogen-bond donors (Lipinski definition) is 3. The zero-order valence-corrected chi connectivity index (χ0v) is 8.85. The van der Waals surface area contributed by atoms with Crippen LogP contribution in [0.15, 0.2) is 16.3 Å². The normalized spacial score (nSPS) is 34.9. The number of hydrogen-bond acceptors (Lipinski definition) is 2. The van der Waals surface area contributed by atoms with Gasteiger partial charge in [-0.2, -0.15) is 0 Å². The van der Waals surface area contributed by atoms with E-state index in [1.165, 1.54) is 24.1 Å². The number of guanidine groups is 1. The zero-order chi connectivity index (χ0) is 10.2. The molecule has 4 heteroatoms. The maximum Gasteiger partial charge on any atom is 0.196 e. The van der Waals surface area contributed by atoms with Crippen LogP contribution >= 0.6 is 0 Å². The van der Waals surface area contributed by atoms with E-state index in [2.05, 4.69) is 15.6 Å². The van der Waals surface area contributed by atoms with Crippen LogP contribution in [0.2, 0.25) is 0 Å². The number of nitrogens with two attached hydrogens (primary N) is 1. The lowest BCUT2D eigenvalue weighted by Gasteiger charge is -2.39. The Kier molecular flexibility index (Phi) is 2.23. The van der Waals surface area contributed by atoms with Gasteiger partial charge in [-0.05, 0) is 38.2 Å².